The maximum Gasteiger partial charge on any atom is 0.420 e. The fraction of sp³-hybridized carbons (Fsp3) is 0.571. The van der Waals surface area contributed by atoms with Crippen molar-refractivity contribution < 1.29 is 28.6 Å². The predicted octanol–water partition coefficient (Wildman–Crippen LogP) is 4.40. The first-order chi connectivity index (χ1) is 12.9. The summed E-state index contributed by atoms with van der Waals surface area (Å²) in [5.74, 6) is -0.583. The Bertz CT molecular complexity index is 689. The van der Waals surface area contributed by atoms with E-state index in [0.29, 0.717) is 12.0 Å². The van der Waals surface area contributed by atoms with Crippen molar-refractivity contribution in [1.82, 2.24) is 4.90 Å². The van der Waals surface area contributed by atoms with E-state index in [1.807, 2.05) is 6.07 Å². The molecule has 2 rings (SSSR count). The Morgan fingerprint density at radius 3 is 1.89 bits per heavy atom. The van der Waals surface area contributed by atoms with Gasteiger partial charge in [0.25, 0.3) is 0 Å². The highest BCUT2D eigenvalue weighted by Gasteiger charge is 2.50. The van der Waals surface area contributed by atoms with Gasteiger partial charge in [0.1, 0.15) is 11.2 Å². The van der Waals surface area contributed by atoms with E-state index >= 15 is 0 Å². The van der Waals surface area contributed by atoms with Gasteiger partial charge in [-0.05, 0) is 60.1 Å². The second-order valence-corrected chi connectivity index (χ2v) is 8.86. The third-order valence-electron chi connectivity index (χ3n) is 3.84. The zero-order chi connectivity index (χ0) is 21.1. The van der Waals surface area contributed by atoms with Crippen LogP contribution in [0.2, 0.25) is 0 Å². The summed E-state index contributed by atoms with van der Waals surface area (Å²) in [7, 11) is 0. The molecule has 0 aliphatic heterocycles. The predicted molar refractivity (Wildman–Crippen MR) is 103 cm³/mol. The zero-order valence-electron chi connectivity index (χ0n) is 17.4. The third-order valence-corrected chi connectivity index (χ3v) is 3.84. The number of rotatable bonds is 4. The highest BCUT2D eigenvalue weighted by molar-refractivity contribution is 5.90. The van der Waals surface area contributed by atoms with Gasteiger partial charge in [-0.25, -0.2) is 19.3 Å². The van der Waals surface area contributed by atoms with E-state index in [9.17, 15) is 14.4 Å². The van der Waals surface area contributed by atoms with E-state index in [1.165, 1.54) is 0 Å². The Morgan fingerprint density at radius 2 is 1.43 bits per heavy atom. The normalized spacial score (nSPS) is 18.8. The van der Waals surface area contributed by atoms with Gasteiger partial charge in [-0.15, -0.1) is 0 Å². The largest absolute Gasteiger partial charge is 0.462 e. The lowest BCUT2D eigenvalue weighted by atomic mass is 10.2. The zero-order valence-corrected chi connectivity index (χ0v) is 17.4. The lowest BCUT2D eigenvalue weighted by Crippen LogP contribution is -2.45. The van der Waals surface area contributed by atoms with Gasteiger partial charge < -0.3 is 14.2 Å². The fourth-order valence-electron chi connectivity index (χ4n) is 2.53. The maximum atomic E-state index is 12.6. The molecule has 2 atom stereocenters. The van der Waals surface area contributed by atoms with Gasteiger partial charge in [0.2, 0.25) is 0 Å². The molecule has 0 radical (unpaired) electrons. The standard InChI is InChI=1S/C21H29NO6/c1-20(2,3)27-18(24)22(19(25)28-21(4,5)6)16-12-15(16)13-26-17(23)14-10-8-7-9-11-14/h7-11,15-16H,12-13H2,1-6H3/t15-,16+/m1/s1. The summed E-state index contributed by atoms with van der Waals surface area (Å²) in [5.41, 5.74) is -1.04. The molecule has 1 aliphatic rings. The van der Waals surface area contributed by atoms with Crippen LogP contribution < -0.4 is 0 Å². The van der Waals surface area contributed by atoms with Gasteiger partial charge in [0.15, 0.2) is 0 Å². The van der Waals surface area contributed by atoms with Crippen LogP contribution in [0, 0.1) is 5.92 Å². The summed E-state index contributed by atoms with van der Waals surface area (Å²) >= 11 is 0. The van der Waals surface area contributed by atoms with Crippen LogP contribution in [0.15, 0.2) is 30.3 Å². The SMILES string of the molecule is CC(C)(C)OC(=O)N(C(=O)OC(C)(C)C)[C@H]1C[C@@H]1COC(=O)c1ccccc1. The minimum absolute atomic E-state index is 0.112. The van der Waals surface area contributed by atoms with E-state index in [1.54, 1.807) is 65.8 Å². The number of nitrogens with zero attached hydrogens (tertiary/aromatic N) is 1. The van der Waals surface area contributed by atoms with Crippen LogP contribution in [0.4, 0.5) is 9.59 Å². The first kappa shape index (κ1) is 21.7. The van der Waals surface area contributed by atoms with Gasteiger partial charge >= 0.3 is 18.2 Å². The van der Waals surface area contributed by atoms with Crippen LogP contribution in [-0.4, -0.2) is 46.9 Å². The van der Waals surface area contributed by atoms with Crippen molar-refractivity contribution in [2.75, 3.05) is 6.61 Å². The van der Waals surface area contributed by atoms with E-state index in [0.717, 1.165) is 4.90 Å². The molecule has 7 heteroatoms. The summed E-state index contributed by atoms with van der Waals surface area (Å²) in [4.78, 5) is 38.2. The van der Waals surface area contributed by atoms with Crippen molar-refractivity contribution >= 4 is 18.2 Å². The van der Waals surface area contributed by atoms with Crippen molar-refractivity contribution in [3.63, 3.8) is 0 Å². The Morgan fingerprint density at radius 1 is 0.929 bits per heavy atom. The fourth-order valence-corrected chi connectivity index (χ4v) is 2.53. The number of carbonyl (C=O) groups is 3. The summed E-state index contributed by atoms with van der Waals surface area (Å²) in [5, 5.41) is 0. The molecule has 0 saturated heterocycles. The van der Waals surface area contributed by atoms with Crippen LogP contribution in [0.3, 0.4) is 0 Å². The number of ether oxygens (including phenoxy) is 3. The average Bonchev–Trinajstić information content (AvgIpc) is 3.29. The Hall–Kier alpha value is -2.57. The molecule has 0 bridgehead atoms. The van der Waals surface area contributed by atoms with Crippen molar-refractivity contribution in [2.45, 2.75) is 65.2 Å². The molecule has 0 heterocycles. The van der Waals surface area contributed by atoms with Crippen molar-refractivity contribution in [3.05, 3.63) is 35.9 Å². The van der Waals surface area contributed by atoms with Crippen LogP contribution in [0.1, 0.15) is 58.3 Å². The molecule has 1 aromatic rings. The molecule has 0 aromatic heterocycles. The minimum Gasteiger partial charge on any atom is -0.462 e. The van der Waals surface area contributed by atoms with Crippen LogP contribution in [-0.2, 0) is 14.2 Å². The van der Waals surface area contributed by atoms with Crippen LogP contribution in [0.5, 0.6) is 0 Å². The van der Waals surface area contributed by atoms with E-state index < -0.39 is 35.4 Å². The molecule has 7 nitrogen and oxygen atoms in total. The molecule has 28 heavy (non-hydrogen) atoms. The molecule has 2 amide bonds. The quantitative estimate of drug-likeness (QED) is 0.559. The summed E-state index contributed by atoms with van der Waals surface area (Å²) in [6.07, 6.45) is -0.993. The molecular weight excluding hydrogens is 362 g/mol. The lowest BCUT2D eigenvalue weighted by molar-refractivity contribution is -0.00186. The molecule has 1 aliphatic carbocycles. The number of carbonyl (C=O) groups excluding carboxylic acids is 3. The molecule has 1 fully saturated rings. The Kier molecular flexibility index (Phi) is 6.37. The van der Waals surface area contributed by atoms with E-state index in [-0.39, 0.29) is 12.5 Å². The van der Waals surface area contributed by atoms with E-state index in [2.05, 4.69) is 0 Å². The van der Waals surface area contributed by atoms with Crippen LogP contribution >= 0.6 is 0 Å². The number of esters is 1. The van der Waals surface area contributed by atoms with Gasteiger partial charge in [-0.1, -0.05) is 18.2 Å². The molecular formula is C21H29NO6. The summed E-state index contributed by atoms with van der Waals surface area (Å²) in [6, 6.07) is 8.23. The van der Waals surface area contributed by atoms with E-state index in [4.69, 9.17) is 14.2 Å². The number of benzene rings is 1. The summed E-state index contributed by atoms with van der Waals surface area (Å²) < 4.78 is 16.0. The second-order valence-electron chi connectivity index (χ2n) is 8.86. The number of imide groups is 1. The van der Waals surface area contributed by atoms with Gasteiger partial charge in [0, 0.05) is 5.92 Å². The molecule has 1 saturated carbocycles. The van der Waals surface area contributed by atoms with Gasteiger partial charge in [-0.3, -0.25) is 0 Å². The van der Waals surface area contributed by atoms with Gasteiger partial charge in [0.05, 0.1) is 18.2 Å². The highest BCUT2D eigenvalue weighted by atomic mass is 16.6. The average molecular weight is 391 g/mol. The monoisotopic (exact) mass is 391 g/mol. The lowest BCUT2D eigenvalue weighted by Gasteiger charge is -2.29. The Balaban J connectivity index is 2.01. The molecule has 0 unspecified atom stereocenters. The van der Waals surface area contributed by atoms with Crippen molar-refractivity contribution in [3.8, 4) is 0 Å². The van der Waals surface area contributed by atoms with Gasteiger partial charge in [-0.2, -0.15) is 0 Å². The van der Waals surface area contributed by atoms with Crippen LogP contribution in [0.25, 0.3) is 0 Å². The topological polar surface area (TPSA) is 82.1 Å². The molecule has 154 valence electrons. The highest BCUT2D eigenvalue weighted by Crippen LogP contribution is 2.38. The molecule has 0 spiro atoms. The summed E-state index contributed by atoms with van der Waals surface area (Å²) in [6.45, 7) is 10.5. The molecule has 0 N–H and O–H groups in total. The van der Waals surface area contributed by atoms with Crippen molar-refractivity contribution in [1.29, 1.82) is 0 Å². The minimum atomic E-state index is -0.761. The first-order valence-corrected chi connectivity index (χ1v) is 9.35. The third kappa shape index (κ3) is 6.55. The molecule has 1 aromatic carbocycles. The maximum absolute atomic E-state index is 12.6. The number of hydrogen-bond donors (Lipinski definition) is 0. The Labute approximate surface area is 165 Å². The van der Waals surface area contributed by atoms with Crippen molar-refractivity contribution in [2.24, 2.45) is 5.92 Å². The number of hydrogen-bond acceptors (Lipinski definition) is 6. The smallest absolute Gasteiger partial charge is 0.420 e. The first-order valence-electron chi connectivity index (χ1n) is 9.35. The second kappa shape index (κ2) is 8.20. The number of amides is 2.